The van der Waals surface area contributed by atoms with Crippen LogP contribution in [0.25, 0.3) is 0 Å². The SMILES string of the molecule is CN1CCCC(Nc2cccc(C#N)c2[N+](=O)[O-])C1. The van der Waals surface area contributed by atoms with Gasteiger partial charge in [-0.15, -0.1) is 0 Å². The zero-order valence-electron chi connectivity index (χ0n) is 10.8. The van der Waals surface area contributed by atoms with Gasteiger partial charge in [0.1, 0.15) is 17.3 Å². The molecule has 0 radical (unpaired) electrons. The fraction of sp³-hybridized carbons (Fsp3) is 0.462. The third-order valence-corrected chi connectivity index (χ3v) is 3.32. The number of nitriles is 1. The number of benzene rings is 1. The highest BCUT2D eigenvalue weighted by Crippen LogP contribution is 2.29. The molecule has 6 heteroatoms. The average molecular weight is 260 g/mol. The van der Waals surface area contributed by atoms with E-state index >= 15 is 0 Å². The minimum atomic E-state index is -0.493. The van der Waals surface area contributed by atoms with Crippen LogP contribution in [0.2, 0.25) is 0 Å². The fourth-order valence-electron chi connectivity index (χ4n) is 2.45. The summed E-state index contributed by atoms with van der Waals surface area (Å²) in [5.74, 6) is 0. The van der Waals surface area contributed by atoms with E-state index in [9.17, 15) is 10.1 Å². The number of piperidine rings is 1. The molecule has 1 unspecified atom stereocenters. The number of hydrogen-bond acceptors (Lipinski definition) is 5. The van der Waals surface area contributed by atoms with E-state index in [2.05, 4.69) is 10.2 Å². The molecule has 1 aliphatic rings. The number of para-hydroxylation sites is 1. The molecule has 0 saturated carbocycles. The zero-order valence-corrected chi connectivity index (χ0v) is 10.8. The second kappa shape index (κ2) is 5.67. The third kappa shape index (κ3) is 3.01. The maximum absolute atomic E-state index is 11.1. The number of hydrogen-bond donors (Lipinski definition) is 1. The largest absolute Gasteiger partial charge is 0.375 e. The number of anilines is 1. The summed E-state index contributed by atoms with van der Waals surface area (Å²) in [6, 6.07) is 6.85. The maximum Gasteiger partial charge on any atom is 0.309 e. The molecule has 0 amide bonds. The fourth-order valence-corrected chi connectivity index (χ4v) is 2.45. The molecule has 1 aliphatic heterocycles. The van der Waals surface area contributed by atoms with Crippen LogP contribution in [0.15, 0.2) is 18.2 Å². The van der Waals surface area contributed by atoms with E-state index in [-0.39, 0.29) is 17.3 Å². The van der Waals surface area contributed by atoms with Crippen LogP contribution < -0.4 is 5.32 Å². The Morgan fingerprint density at radius 2 is 2.37 bits per heavy atom. The molecule has 0 spiro atoms. The topological polar surface area (TPSA) is 82.2 Å². The second-order valence-corrected chi connectivity index (χ2v) is 4.82. The van der Waals surface area contributed by atoms with Gasteiger partial charge in [0.2, 0.25) is 0 Å². The normalized spacial score (nSPS) is 19.7. The lowest BCUT2D eigenvalue weighted by Crippen LogP contribution is -2.39. The first-order valence-corrected chi connectivity index (χ1v) is 6.24. The Morgan fingerprint density at radius 1 is 1.58 bits per heavy atom. The number of likely N-dealkylation sites (tertiary alicyclic amines) is 1. The Balaban J connectivity index is 2.25. The Labute approximate surface area is 111 Å². The van der Waals surface area contributed by atoms with Crippen LogP contribution in [0.1, 0.15) is 18.4 Å². The third-order valence-electron chi connectivity index (χ3n) is 3.32. The van der Waals surface area contributed by atoms with Crippen molar-refractivity contribution >= 4 is 11.4 Å². The second-order valence-electron chi connectivity index (χ2n) is 4.82. The van der Waals surface area contributed by atoms with Gasteiger partial charge in [-0.25, -0.2) is 0 Å². The molecular weight excluding hydrogens is 244 g/mol. The van der Waals surface area contributed by atoms with Crippen LogP contribution in [-0.2, 0) is 0 Å². The molecule has 1 N–H and O–H groups in total. The minimum absolute atomic E-state index is 0.0964. The van der Waals surface area contributed by atoms with Gasteiger partial charge >= 0.3 is 5.69 Å². The number of nitro benzene ring substituents is 1. The van der Waals surface area contributed by atoms with E-state index in [0.717, 1.165) is 25.9 Å². The Kier molecular flexibility index (Phi) is 3.97. The first-order valence-electron chi connectivity index (χ1n) is 6.24. The number of nitrogens with zero attached hydrogens (tertiary/aromatic N) is 3. The highest BCUT2D eigenvalue weighted by atomic mass is 16.6. The number of nitrogens with one attached hydrogen (secondary N) is 1. The summed E-state index contributed by atoms with van der Waals surface area (Å²) in [6.07, 6.45) is 2.05. The van der Waals surface area contributed by atoms with Crippen molar-refractivity contribution in [2.45, 2.75) is 18.9 Å². The summed E-state index contributed by atoms with van der Waals surface area (Å²) in [5, 5.41) is 23.3. The summed E-state index contributed by atoms with van der Waals surface area (Å²) in [7, 11) is 2.04. The molecule has 0 aliphatic carbocycles. The zero-order chi connectivity index (χ0) is 13.8. The van der Waals surface area contributed by atoms with Gasteiger partial charge in [-0.1, -0.05) is 6.07 Å². The standard InChI is InChI=1S/C13H16N4O2/c1-16-7-3-5-11(9-16)15-12-6-2-4-10(8-14)13(12)17(18)19/h2,4,6,11,15H,3,5,7,9H2,1H3. The molecule has 1 saturated heterocycles. The highest BCUT2D eigenvalue weighted by Gasteiger charge is 2.23. The van der Waals surface area contributed by atoms with E-state index in [1.807, 2.05) is 13.1 Å². The maximum atomic E-state index is 11.1. The van der Waals surface area contributed by atoms with Crippen molar-refractivity contribution in [2.24, 2.45) is 0 Å². The van der Waals surface area contributed by atoms with Gasteiger partial charge in [-0.2, -0.15) is 5.26 Å². The molecule has 0 bridgehead atoms. The summed E-state index contributed by atoms with van der Waals surface area (Å²) < 4.78 is 0. The Morgan fingerprint density at radius 3 is 3.00 bits per heavy atom. The van der Waals surface area contributed by atoms with Crippen molar-refractivity contribution in [1.29, 1.82) is 5.26 Å². The van der Waals surface area contributed by atoms with Crippen molar-refractivity contribution in [3.63, 3.8) is 0 Å². The van der Waals surface area contributed by atoms with Crippen molar-refractivity contribution in [3.8, 4) is 6.07 Å². The minimum Gasteiger partial charge on any atom is -0.375 e. The molecule has 100 valence electrons. The molecule has 1 fully saturated rings. The lowest BCUT2D eigenvalue weighted by atomic mass is 10.1. The predicted molar refractivity (Wildman–Crippen MR) is 72.0 cm³/mol. The van der Waals surface area contributed by atoms with Gasteiger partial charge in [-0.05, 0) is 38.6 Å². The molecule has 19 heavy (non-hydrogen) atoms. The summed E-state index contributed by atoms with van der Waals surface area (Å²) >= 11 is 0. The predicted octanol–water partition coefficient (Wildman–Crippen LogP) is 1.97. The van der Waals surface area contributed by atoms with Crippen LogP contribution in [-0.4, -0.2) is 36.0 Å². The van der Waals surface area contributed by atoms with Crippen molar-refractivity contribution in [2.75, 3.05) is 25.5 Å². The van der Waals surface area contributed by atoms with Gasteiger partial charge < -0.3 is 10.2 Å². The van der Waals surface area contributed by atoms with E-state index in [1.165, 1.54) is 6.07 Å². The van der Waals surface area contributed by atoms with Gasteiger partial charge in [-0.3, -0.25) is 10.1 Å². The summed E-state index contributed by atoms with van der Waals surface area (Å²) in [6.45, 7) is 1.91. The van der Waals surface area contributed by atoms with Crippen molar-refractivity contribution < 1.29 is 4.92 Å². The molecule has 1 aromatic rings. The first-order chi connectivity index (χ1) is 9.11. The van der Waals surface area contributed by atoms with E-state index in [4.69, 9.17) is 5.26 Å². The summed E-state index contributed by atoms with van der Waals surface area (Å²) in [5.41, 5.74) is 0.404. The van der Waals surface area contributed by atoms with E-state index in [0.29, 0.717) is 5.69 Å². The molecule has 6 nitrogen and oxygen atoms in total. The van der Waals surface area contributed by atoms with Gasteiger partial charge in [0, 0.05) is 12.6 Å². The van der Waals surface area contributed by atoms with Crippen LogP contribution >= 0.6 is 0 Å². The molecule has 1 aromatic carbocycles. The lowest BCUT2D eigenvalue weighted by molar-refractivity contribution is -0.384. The number of nitro groups is 1. The monoisotopic (exact) mass is 260 g/mol. The lowest BCUT2D eigenvalue weighted by Gasteiger charge is -2.30. The van der Waals surface area contributed by atoms with Crippen LogP contribution in [0.3, 0.4) is 0 Å². The Bertz CT molecular complexity index is 524. The molecule has 1 atom stereocenters. The van der Waals surface area contributed by atoms with E-state index in [1.54, 1.807) is 12.1 Å². The Hall–Kier alpha value is -2.13. The molecule has 1 heterocycles. The van der Waals surface area contributed by atoms with Crippen molar-refractivity contribution in [3.05, 3.63) is 33.9 Å². The van der Waals surface area contributed by atoms with Crippen LogP contribution in [0, 0.1) is 21.4 Å². The first kappa shape index (κ1) is 13.3. The van der Waals surface area contributed by atoms with Gasteiger partial charge in [0.15, 0.2) is 0 Å². The average Bonchev–Trinajstić information content (AvgIpc) is 2.38. The summed E-state index contributed by atoms with van der Waals surface area (Å²) in [4.78, 5) is 12.8. The van der Waals surface area contributed by atoms with Crippen LogP contribution in [0.4, 0.5) is 11.4 Å². The van der Waals surface area contributed by atoms with Crippen LogP contribution in [0.5, 0.6) is 0 Å². The highest BCUT2D eigenvalue weighted by molar-refractivity contribution is 5.68. The number of rotatable bonds is 3. The molecule has 2 rings (SSSR count). The quantitative estimate of drug-likeness (QED) is 0.663. The van der Waals surface area contributed by atoms with E-state index < -0.39 is 4.92 Å². The van der Waals surface area contributed by atoms with Gasteiger partial charge in [0.25, 0.3) is 0 Å². The van der Waals surface area contributed by atoms with Gasteiger partial charge in [0.05, 0.1) is 4.92 Å². The molecular formula is C13H16N4O2. The van der Waals surface area contributed by atoms with Crippen molar-refractivity contribution in [1.82, 2.24) is 4.90 Å². The molecule has 0 aromatic heterocycles. The number of likely N-dealkylation sites (N-methyl/N-ethyl adjacent to an activating group) is 1. The smallest absolute Gasteiger partial charge is 0.309 e.